The quantitative estimate of drug-likeness (QED) is 0.540. The van der Waals surface area contributed by atoms with Gasteiger partial charge in [-0.1, -0.05) is 12.8 Å². The van der Waals surface area contributed by atoms with Crippen LogP contribution in [0.5, 0.6) is 0 Å². The van der Waals surface area contributed by atoms with Crippen LogP contribution in [0.15, 0.2) is 16.4 Å². The fourth-order valence-electron chi connectivity index (χ4n) is 4.01. The summed E-state index contributed by atoms with van der Waals surface area (Å²) in [4.78, 5) is 23.1. The summed E-state index contributed by atoms with van der Waals surface area (Å²) in [5, 5.41) is 8.90. The van der Waals surface area contributed by atoms with Crippen LogP contribution in [0.1, 0.15) is 43.0 Å². The molecule has 2 aliphatic rings. The Balaban J connectivity index is 1.37. The Labute approximate surface area is 173 Å². The molecule has 1 saturated carbocycles. The van der Waals surface area contributed by atoms with Crippen molar-refractivity contribution in [2.75, 3.05) is 45.8 Å². The van der Waals surface area contributed by atoms with E-state index in [9.17, 15) is 4.79 Å². The predicted molar refractivity (Wildman–Crippen MR) is 117 cm³/mol. The molecule has 1 aromatic heterocycles. The molecule has 1 aromatic rings. The van der Waals surface area contributed by atoms with Gasteiger partial charge in [0.1, 0.15) is 0 Å². The minimum Gasteiger partial charge on any atom is -0.357 e. The number of aliphatic imine (C=N–C) groups is 1. The number of carbonyl (C=O) groups is 1. The Morgan fingerprint density at radius 2 is 1.96 bits per heavy atom. The molecule has 0 atom stereocenters. The predicted octanol–water partition coefficient (Wildman–Crippen LogP) is 2.45. The number of nitrogens with one attached hydrogen (secondary N) is 2. The fraction of sp³-hybridized carbons (Fsp3) is 0.714. The zero-order valence-electron chi connectivity index (χ0n) is 17.4. The smallest absolute Gasteiger partial charge is 0.225 e. The van der Waals surface area contributed by atoms with Gasteiger partial charge in [0.2, 0.25) is 5.91 Å². The van der Waals surface area contributed by atoms with Crippen LogP contribution in [-0.2, 0) is 11.3 Å². The average Bonchev–Trinajstić information content (AvgIpc) is 3.38. The Morgan fingerprint density at radius 3 is 2.61 bits per heavy atom. The van der Waals surface area contributed by atoms with Gasteiger partial charge in [0.25, 0.3) is 0 Å². The van der Waals surface area contributed by atoms with Crippen molar-refractivity contribution in [3.05, 3.63) is 21.9 Å². The zero-order valence-corrected chi connectivity index (χ0v) is 18.2. The van der Waals surface area contributed by atoms with Crippen LogP contribution in [0.2, 0.25) is 0 Å². The third kappa shape index (κ3) is 5.95. The molecule has 0 unspecified atom stereocenters. The molecule has 0 radical (unpaired) electrons. The largest absolute Gasteiger partial charge is 0.357 e. The highest BCUT2D eigenvalue weighted by atomic mass is 32.1. The van der Waals surface area contributed by atoms with E-state index in [2.05, 4.69) is 45.7 Å². The molecule has 3 rings (SSSR count). The van der Waals surface area contributed by atoms with Crippen LogP contribution >= 0.6 is 11.3 Å². The van der Waals surface area contributed by atoms with Gasteiger partial charge in [0, 0.05) is 56.6 Å². The lowest BCUT2D eigenvalue weighted by atomic mass is 10.1. The van der Waals surface area contributed by atoms with E-state index in [4.69, 9.17) is 4.99 Å². The van der Waals surface area contributed by atoms with Gasteiger partial charge in [-0.3, -0.25) is 9.69 Å². The molecule has 1 amide bonds. The second-order valence-electron chi connectivity index (χ2n) is 7.80. The Bertz CT molecular complexity index is 645. The third-order valence-electron chi connectivity index (χ3n) is 5.80. The summed E-state index contributed by atoms with van der Waals surface area (Å²) in [6, 6.07) is 2.15. The van der Waals surface area contributed by atoms with Crippen LogP contribution in [0, 0.1) is 12.8 Å². The molecule has 156 valence electrons. The molecule has 0 aromatic carbocycles. The zero-order chi connectivity index (χ0) is 19.8. The summed E-state index contributed by atoms with van der Waals surface area (Å²) in [5.41, 5.74) is 1.31. The molecule has 2 heterocycles. The monoisotopic (exact) mass is 405 g/mol. The number of rotatable bonds is 7. The maximum Gasteiger partial charge on any atom is 0.225 e. The van der Waals surface area contributed by atoms with E-state index in [1.54, 1.807) is 11.3 Å². The van der Waals surface area contributed by atoms with Crippen molar-refractivity contribution < 1.29 is 4.79 Å². The number of guanidine groups is 1. The van der Waals surface area contributed by atoms with Crippen LogP contribution in [0.25, 0.3) is 0 Å². The van der Waals surface area contributed by atoms with Crippen LogP contribution in [0.3, 0.4) is 0 Å². The topological polar surface area (TPSA) is 60.0 Å². The standard InChI is InChI=1S/C21H35N5OS/c1-3-22-21(24-16-19-17(2)8-15-28-19)23-9-10-25-11-13-26(14-12-25)20(27)18-6-4-5-7-18/h8,15,18H,3-7,9-14,16H2,1-2H3,(H2,22,23,24). The van der Waals surface area contributed by atoms with E-state index in [0.29, 0.717) is 11.8 Å². The van der Waals surface area contributed by atoms with Crippen LogP contribution < -0.4 is 10.6 Å². The van der Waals surface area contributed by atoms with Crippen molar-refractivity contribution in [3.8, 4) is 0 Å². The minimum absolute atomic E-state index is 0.305. The second-order valence-corrected chi connectivity index (χ2v) is 8.80. The van der Waals surface area contributed by atoms with Crippen LogP contribution in [0.4, 0.5) is 0 Å². The molecule has 6 nitrogen and oxygen atoms in total. The van der Waals surface area contributed by atoms with E-state index >= 15 is 0 Å². The van der Waals surface area contributed by atoms with Crippen LogP contribution in [-0.4, -0.2) is 67.5 Å². The molecule has 2 N–H and O–H groups in total. The van der Waals surface area contributed by atoms with E-state index in [0.717, 1.165) is 71.2 Å². The van der Waals surface area contributed by atoms with Gasteiger partial charge in [-0.2, -0.15) is 0 Å². The highest BCUT2D eigenvalue weighted by molar-refractivity contribution is 7.10. The highest BCUT2D eigenvalue weighted by Gasteiger charge is 2.29. The first-order valence-electron chi connectivity index (χ1n) is 10.7. The first kappa shape index (κ1) is 21.1. The molecule has 2 fully saturated rings. The first-order valence-corrected chi connectivity index (χ1v) is 11.6. The number of carbonyl (C=O) groups excluding carboxylic acids is 1. The number of hydrogen-bond donors (Lipinski definition) is 2. The van der Waals surface area contributed by atoms with Gasteiger partial charge in [0.05, 0.1) is 6.54 Å². The molecular weight excluding hydrogens is 370 g/mol. The van der Waals surface area contributed by atoms with Crippen molar-refractivity contribution in [1.29, 1.82) is 0 Å². The summed E-state index contributed by atoms with van der Waals surface area (Å²) >= 11 is 1.76. The van der Waals surface area contributed by atoms with E-state index < -0.39 is 0 Å². The maximum absolute atomic E-state index is 12.5. The number of thiophene rings is 1. The number of aryl methyl sites for hydroxylation is 1. The van der Waals surface area contributed by atoms with Gasteiger partial charge in [-0.05, 0) is 43.7 Å². The van der Waals surface area contributed by atoms with Crippen molar-refractivity contribution in [2.24, 2.45) is 10.9 Å². The van der Waals surface area contributed by atoms with Crippen molar-refractivity contribution in [3.63, 3.8) is 0 Å². The minimum atomic E-state index is 0.305. The molecule has 28 heavy (non-hydrogen) atoms. The summed E-state index contributed by atoms with van der Waals surface area (Å²) < 4.78 is 0. The summed E-state index contributed by atoms with van der Waals surface area (Å²) in [6.07, 6.45) is 4.65. The van der Waals surface area contributed by atoms with Gasteiger partial charge < -0.3 is 15.5 Å². The molecule has 1 aliphatic heterocycles. The number of nitrogens with zero attached hydrogens (tertiary/aromatic N) is 3. The van der Waals surface area contributed by atoms with Gasteiger partial charge in [-0.15, -0.1) is 11.3 Å². The van der Waals surface area contributed by atoms with E-state index in [1.165, 1.54) is 23.3 Å². The number of amides is 1. The van der Waals surface area contributed by atoms with Gasteiger partial charge >= 0.3 is 0 Å². The van der Waals surface area contributed by atoms with Crippen molar-refractivity contribution in [1.82, 2.24) is 20.4 Å². The van der Waals surface area contributed by atoms with Gasteiger partial charge in [0.15, 0.2) is 5.96 Å². The SMILES string of the molecule is CCNC(=NCc1sccc1C)NCCN1CCN(C(=O)C2CCCC2)CC1. The molecule has 1 saturated heterocycles. The molecule has 0 bridgehead atoms. The highest BCUT2D eigenvalue weighted by Crippen LogP contribution is 2.26. The molecular formula is C21H35N5OS. The van der Waals surface area contributed by atoms with E-state index in [1.807, 2.05) is 0 Å². The molecule has 1 aliphatic carbocycles. The lowest BCUT2D eigenvalue weighted by Gasteiger charge is -2.36. The van der Waals surface area contributed by atoms with Gasteiger partial charge in [-0.25, -0.2) is 4.99 Å². The second kappa shape index (κ2) is 10.8. The van der Waals surface area contributed by atoms with Crippen molar-refractivity contribution >= 4 is 23.2 Å². The molecule has 7 heteroatoms. The lowest BCUT2D eigenvalue weighted by molar-refractivity contribution is -0.137. The summed E-state index contributed by atoms with van der Waals surface area (Å²) in [7, 11) is 0. The lowest BCUT2D eigenvalue weighted by Crippen LogP contribution is -2.51. The number of piperazine rings is 1. The van der Waals surface area contributed by atoms with Crippen molar-refractivity contribution in [2.45, 2.75) is 46.1 Å². The van der Waals surface area contributed by atoms with E-state index in [-0.39, 0.29) is 0 Å². The molecule has 0 spiro atoms. The third-order valence-corrected chi connectivity index (χ3v) is 6.81. The normalized spacial score (nSPS) is 19.2. The maximum atomic E-state index is 12.5. The summed E-state index contributed by atoms with van der Waals surface area (Å²) in [6.45, 7) is 11.4. The first-order chi connectivity index (χ1) is 13.7. The fourth-order valence-corrected chi connectivity index (χ4v) is 4.84. The Morgan fingerprint density at radius 1 is 1.21 bits per heavy atom. The summed E-state index contributed by atoms with van der Waals surface area (Å²) in [5.74, 6) is 1.59. The Hall–Kier alpha value is -1.60. The number of hydrogen-bond acceptors (Lipinski definition) is 4. The Kier molecular flexibility index (Phi) is 8.15. The average molecular weight is 406 g/mol.